The molecule has 2 atom stereocenters. The lowest BCUT2D eigenvalue weighted by molar-refractivity contribution is -0.138. The van der Waals surface area contributed by atoms with Crippen LogP contribution in [0.3, 0.4) is 0 Å². The molecule has 1 aromatic heterocycles. The van der Waals surface area contributed by atoms with Crippen molar-refractivity contribution in [3.8, 4) is 11.3 Å². The van der Waals surface area contributed by atoms with Gasteiger partial charge in [-0.25, -0.2) is 13.2 Å². The van der Waals surface area contributed by atoms with Crippen LogP contribution >= 0.6 is 0 Å². The Kier molecular flexibility index (Phi) is 4.25. The van der Waals surface area contributed by atoms with Gasteiger partial charge in [-0.05, 0) is 72.6 Å². The van der Waals surface area contributed by atoms with E-state index in [0.29, 0.717) is 48.5 Å². The van der Waals surface area contributed by atoms with Gasteiger partial charge in [0.05, 0.1) is 17.8 Å². The van der Waals surface area contributed by atoms with E-state index in [0.717, 1.165) is 18.1 Å². The summed E-state index contributed by atoms with van der Waals surface area (Å²) in [5.41, 5.74) is 2.25. The maximum atomic E-state index is 14.5. The molecule has 1 saturated heterocycles. The van der Waals surface area contributed by atoms with Gasteiger partial charge in [0.2, 0.25) is 5.91 Å². The van der Waals surface area contributed by atoms with E-state index in [9.17, 15) is 23.1 Å². The second-order valence-electron chi connectivity index (χ2n) is 9.74. The molecule has 3 aromatic rings. The predicted molar refractivity (Wildman–Crippen MR) is 113 cm³/mol. The van der Waals surface area contributed by atoms with Gasteiger partial charge >= 0.3 is 0 Å². The number of aromatic nitrogens is 1. The number of aliphatic hydroxyl groups excluding tert-OH is 1. The van der Waals surface area contributed by atoms with E-state index in [4.69, 9.17) is 0 Å². The average Bonchev–Trinajstić information content (AvgIpc) is 3.09. The van der Waals surface area contributed by atoms with Crippen molar-refractivity contribution in [2.75, 3.05) is 19.7 Å². The number of nitrogens with zero attached hydrogens (tertiary/aromatic N) is 1. The Hall–Kier alpha value is -2.80. The summed E-state index contributed by atoms with van der Waals surface area (Å²) in [6.45, 7) is 1.46. The minimum absolute atomic E-state index is 0.0251. The van der Waals surface area contributed by atoms with E-state index in [2.05, 4.69) is 4.98 Å². The molecule has 3 aliphatic rings. The summed E-state index contributed by atoms with van der Waals surface area (Å²) < 4.78 is 42.0. The molecule has 3 fully saturated rings. The molecule has 1 amide bonds. The van der Waals surface area contributed by atoms with Crippen molar-refractivity contribution >= 4 is 16.8 Å². The van der Waals surface area contributed by atoms with Gasteiger partial charge in [0.15, 0.2) is 0 Å². The van der Waals surface area contributed by atoms with Crippen LogP contribution in [-0.4, -0.2) is 40.6 Å². The number of halogens is 3. The molecule has 0 unspecified atom stereocenters. The zero-order valence-corrected chi connectivity index (χ0v) is 17.4. The smallest absolute Gasteiger partial charge is 0.225 e. The lowest BCUT2D eigenvalue weighted by Crippen LogP contribution is -2.41. The van der Waals surface area contributed by atoms with Crippen LogP contribution in [0.5, 0.6) is 0 Å². The Balaban J connectivity index is 1.30. The third-order valence-corrected chi connectivity index (χ3v) is 7.82. The molecule has 7 heteroatoms. The molecule has 2 heterocycles. The number of piperidine rings is 1. The lowest BCUT2D eigenvalue weighted by Gasteiger charge is -2.38. The van der Waals surface area contributed by atoms with E-state index in [1.807, 2.05) is 4.90 Å². The van der Waals surface area contributed by atoms with E-state index in [-0.39, 0.29) is 41.1 Å². The molecule has 0 spiro atoms. The number of fused-ring (bicyclic) bond motifs is 2. The maximum absolute atomic E-state index is 14.5. The summed E-state index contributed by atoms with van der Waals surface area (Å²) in [6, 6.07) is 8.08. The second kappa shape index (κ2) is 6.85. The van der Waals surface area contributed by atoms with Crippen LogP contribution in [0.4, 0.5) is 13.2 Å². The summed E-state index contributed by atoms with van der Waals surface area (Å²) in [7, 11) is 0. The number of hydrogen-bond donors (Lipinski definition) is 2. The third-order valence-electron chi connectivity index (χ3n) is 7.82. The van der Waals surface area contributed by atoms with E-state index < -0.39 is 11.6 Å². The molecule has 4 nitrogen and oxygen atoms in total. The number of carbonyl (C=O) groups excluding carboxylic acids is 1. The number of nitrogens with one attached hydrogen (secondary N) is 1. The predicted octanol–water partition coefficient (Wildman–Crippen LogP) is 4.59. The van der Waals surface area contributed by atoms with Crippen molar-refractivity contribution in [3.63, 3.8) is 0 Å². The summed E-state index contributed by atoms with van der Waals surface area (Å²) >= 11 is 0. The van der Waals surface area contributed by atoms with Crippen molar-refractivity contribution in [3.05, 3.63) is 59.4 Å². The Bertz CT molecular complexity index is 1230. The highest BCUT2D eigenvalue weighted by Crippen LogP contribution is 2.58. The van der Waals surface area contributed by atoms with Crippen LogP contribution in [-0.2, 0) is 4.79 Å². The number of benzene rings is 2. The summed E-state index contributed by atoms with van der Waals surface area (Å²) in [5.74, 6) is -1.33. The molecule has 6 rings (SSSR count). The van der Waals surface area contributed by atoms with Gasteiger partial charge in [-0.3, -0.25) is 4.79 Å². The minimum Gasteiger partial charge on any atom is -0.396 e. The van der Waals surface area contributed by atoms with Crippen LogP contribution in [0, 0.1) is 34.7 Å². The third kappa shape index (κ3) is 2.90. The number of likely N-dealkylation sites (tertiary alicyclic amines) is 1. The van der Waals surface area contributed by atoms with Crippen molar-refractivity contribution in [1.29, 1.82) is 0 Å². The van der Waals surface area contributed by atoms with Gasteiger partial charge in [0.1, 0.15) is 17.5 Å². The number of hydrogen-bond acceptors (Lipinski definition) is 2. The number of H-pyrrole nitrogens is 1. The molecule has 2 aliphatic carbocycles. The lowest BCUT2D eigenvalue weighted by atomic mass is 9.69. The van der Waals surface area contributed by atoms with E-state index >= 15 is 0 Å². The van der Waals surface area contributed by atoms with Gasteiger partial charge < -0.3 is 15.0 Å². The molecular formula is C25H23F3N2O2. The van der Waals surface area contributed by atoms with Gasteiger partial charge in [0, 0.05) is 35.9 Å². The number of aromatic amines is 1. The molecule has 0 bridgehead atoms. The number of aliphatic hydroxyl groups is 1. The highest BCUT2D eigenvalue weighted by Gasteiger charge is 2.61. The first-order valence-corrected chi connectivity index (χ1v) is 11.0. The highest BCUT2D eigenvalue weighted by atomic mass is 19.1. The molecule has 2 saturated carbocycles. The second-order valence-corrected chi connectivity index (χ2v) is 9.74. The van der Waals surface area contributed by atoms with Gasteiger partial charge in [-0.1, -0.05) is 0 Å². The zero-order chi connectivity index (χ0) is 22.2. The highest BCUT2D eigenvalue weighted by molar-refractivity contribution is 5.92. The molecule has 32 heavy (non-hydrogen) atoms. The fourth-order valence-corrected chi connectivity index (χ4v) is 5.83. The standard InChI is InChI=1S/C25H23F3N2O2/c26-17-3-1-13(2-4-17)22-21(19-7-18(27)8-20(28)23(19)29-22)14-5-15(6-14)24(32)30-10-16-9-25(16,11-30)12-31/h1-4,7-8,14-16,29,31H,5-6,9-12H2/t14?,15?,16-,25+/m1/s1. The zero-order valence-electron chi connectivity index (χ0n) is 17.4. The van der Waals surface area contributed by atoms with Crippen molar-refractivity contribution < 1.29 is 23.1 Å². The first-order valence-electron chi connectivity index (χ1n) is 11.0. The Morgan fingerprint density at radius 3 is 2.56 bits per heavy atom. The summed E-state index contributed by atoms with van der Waals surface area (Å²) in [5, 5.41) is 10.1. The fourth-order valence-electron chi connectivity index (χ4n) is 5.83. The van der Waals surface area contributed by atoms with Gasteiger partial charge in [-0.2, -0.15) is 0 Å². The van der Waals surface area contributed by atoms with E-state index in [1.54, 1.807) is 12.1 Å². The SMILES string of the molecule is O=C(C1CC(c2c(-c3ccc(F)cc3)[nH]c3c(F)cc(F)cc23)C1)N1C[C@H]2C[C@@]2(CO)C1. The molecule has 0 radical (unpaired) electrons. The molecule has 166 valence electrons. The van der Waals surface area contributed by atoms with Crippen LogP contribution in [0.15, 0.2) is 36.4 Å². The van der Waals surface area contributed by atoms with Crippen molar-refractivity contribution in [2.45, 2.75) is 25.2 Å². The number of amides is 1. The Morgan fingerprint density at radius 1 is 1.12 bits per heavy atom. The summed E-state index contributed by atoms with van der Waals surface area (Å²) in [6.07, 6.45) is 2.20. The quantitative estimate of drug-likeness (QED) is 0.624. The van der Waals surface area contributed by atoms with Crippen LogP contribution in [0.25, 0.3) is 22.2 Å². The first-order chi connectivity index (χ1) is 15.4. The molecule has 2 N–H and O–H groups in total. The number of rotatable bonds is 4. The van der Waals surface area contributed by atoms with Gasteiger partial charge in [0.25, 0.3) is 0 Å². The Morgan fingerprint density at radius 2 is 1.88 bits per heavy atom. The maximum Gasteiger partial charge on any atom is 0.225 e. The molecular weight excluding hydrogens is 417 g/mol. The van der Waals surface area contributed by atoms with Crippen LogP contribution < -0.4 is 0 Å². The van der Waals surface area contributed by atoms with Crippen LogP contribution in [0.2, 0.25) is 0 Å². The van der Waals surface area contributed by atoms with E-state index in [1.165, 1.54) is 18.2 Å². The van der Waals surface area contributed by atoms with Crippen LogP contribution in [0.1, 0.15) is 30.7 Å². The normalized spacial score (nSPS) is 28.6. The monoisotopic (exact) mass is 440 g/mol. The topological polar surface area (TPSA) is 56.3 Å². The van der Waals surface area contributed by atoms with Crippen molar-refractivity contribution in [1.82, 2.24) is 9.88 Å². The first kappa shape index (κ1) is 19.9. The molecule has 2 aromatic carbocycles. The summed E-state index contributed by atoms with van der Waals surface area (Å²) in [4.78, 5) is 18.0. The minimum atomic E-state index is -0.674. The molecule has 1 aliphatic heterocycles. The average molecular weight is 440 g/mol. The Labute approximate surface area is 183 Å². The largest absolute Gasteiger partial charge is 0.396 e. The fraction of sp³-hybridized carbons (Fsp3) is 0.400. The number of carbonyl (C=O) groups is 1. The van der Waals surface area contributed by atoms with Gasteiger partial charge in [-0.15, -0.1) is 0 Å². The van der Waals surface area contributed by atoms with Crippen molar-refractivity contribution in [2.24, 2.45) is 17.3 Å².